The zero-order valence-corrected chi connectivity index (χ0v) is 15.0. The molecule has 0 N–H and O–H groups in total. The minimum Gasteiger partial charge on any atom is -0.302 e. The summed E-state index contributed by atoms with van der Waals surface area (Å²) in [5, 5.41) is 19.7. The summed E-state index contributed by atoms with van der Waals surface area (Å²) in [4.78, 5) is 22.5. The number of benzene rings is 1. The van der Waals surface area contributed by atoms with Crippen LogP contribution in [0.4, 0.5) is 5.69 Å². The molecule has 0 amide bonds. The number of nitro benzene ring substituents is 1. The molecule has 0 fully saturated rings. The quantitative estimate of drug-likeness (QED) is 0.223. The average Bonchev–Trinajstić information content (AvgIpc) is 2.94. The highest BCUT2D eigenvalue weighted by Gasteiger charge is 2.15. The molecule has 1 aromatic heterocycles. The molecule has 8 heteroatoms. The van der Waals surface area contributed by atoms with Crippen LogP contribution >= 0.6 is 11.8 Å². The van der Waals surface area contributed by atoms with Crippen LogP contribution in [0.25, 0.3) is 0 Å². The van der Waals surface area contributed by atoms with Gasteiger partial charge in [-0.1, -0.05) is 31.7 Å². The Hall–Kier alpha value is -2.48. The predicted molar refractivity (Wildman–Crippen MR) is 96.9 cm³/mol. The van der Waals surface area contributed by atoms with Crippen molar-refractivity contribution in [2.75, 3.05) is 5.75 Å². The van der Waals surface area contributed by atoms with Crippen molar-refractivity contribution in [2.24, 2.45) is 5.92 Å². The Bertz CT molecular complexity index is 769. The molecule has 0 aliphatic carbocycles. The zero-order chi connectivity index (χ0) is 18.4. The summed E-state index contributed by atoms with van der Waals surface area (Å²) in [5.74, 6) is 1.40. The molecule has 25 heavy (non-hydrogen) atoms. The number of carbonyl (C=O) groups is 1. The number of Topliss-reactive ketones (excluding diaryl/α,β-unsaturated/α-hetero) is 1. The Labute approximate surface area is 150 Å². The number of ketones is 1. The second-order valence-corrected chi connectivity index (χ2v) is 6.85. The molecule has 0 atom stereocenters. The maximum atomic E-state index is 12.3. The lowest BCUT2D eigenvalue weighted by molar-refractivity contribution is -0.384. The van der Waals surface area contributed by atoms with Crippen LogP contribution in [-0.4, -0.2) is 31.2 Å². The van der Waals surface area contributed by atoms with Gasteiger partial charge in [-0.25, -0.2) is 0 Å². The Morgan fingerprint density at radius 1 is 1.36 bits per heavy atom. The van der Waals surface area contributed by atoms with E-state index in [0.29, 0.717) is 23.2 Å². The van der Waals surface area contributed by atoms with Gasteiger partial charge in [-0.15, -0.1) is 16.8 Å². The van der Waals surface area contributed by atoms with Gasteiger partial charge in [0.2, 0.25) is 0 Å². The van der Waals surface area contributed by atoms with Crippen LogP contribution in [0.5, 0.6) is 0 Å². The minimum atomic E-state index is -0.489. The highest BCUT2D eigenvalue weighted by Crippen LogP contribution is 2.21. The first-order valence-corrected chi connectivity index (χ1v) is 8.84. The van der Waals surface area contributed by atoms with E-state index in [-0.39, 0.29) is 17.2 Å². The van der Waals surface area contributed by atoms with Crippen LogP contribution in [0.3, 0.4) is 0 Å². The fourth-order valence-electron chi connectivity index (χ4n) is 2.24. The lowest BCUT2D eigenvalue weighted by atomic mass is 10.1. The van der Waals surface area contributed by atoms with Gasteiger partial charge in [-0.2, -0.15) is 0 Å². The minimum absolute atomic E-state index is 0.0340. The molecule has 0 unspecified atom stereocenters. The highest BCUT2D eigenvalue weighted by molar-refractivity contribution is 7.99. The number of allylic oxidation sites excluding steroid dienone is 1. The Morgan fingerprint density at radius 3 is 2.60 bits per heavy atom. The van der Waals surface area contributed by atoms with Crippen LogP contribution in [-0.2, 0) is 13.0 Å². The third kappa shape index (κ3) is 4.99. The van der Waals surface area contributed by atoms with Crippen LogP contribution in [0, 0.1) is 16.0 Å². The number of rotatable bonds is 9. The summed E-state index contributed by atoms with van der Waals surface area (Å²) >= 11 is 1.31. The average molecular weight is 360 g/mol. The van der Waals surface area contributed by atoms with E-state index in [1.807, 2.05) is 4.57 Å². The van der Waals surface area contributed by atoms with Crippen molar-refractivity contribution in [3.05, 3.63) is 58.4 Å². The van der Waals surface area contributed by atoms with Crippen molar-refractivity contribution in [2.45, 2.75) is 32.0 Å². The molecule has 7 nitrogen and oxygen atoms in total. The number of nitro groups is 1. The smallest absolute Gasteiger partial charge is 0.269 e. The van der Waals surface area contributed by atoms with Gasteiger partial charge in [0.1, 0.15) is 5.82 Å². The number of hydrogen-bond donors (Lipinski definition) is 0. The fraction of sp³-hybridized carbons (Fsp3) is 0.353. The SMILES string of the molecule is C=CCn1c(CC(C)C)nnc1SCC(=O)c1ccc([N+](=O)[O-])cc1. The van der Waals surface area contributed by atoms with E-state index >= 15 is 0 Å². The molecule has 0 radical (unpaired) electrons. The first kappa shape index (κ1) is 18.9. The van der Waals surface area contributed by atoms with Crippen LogP contribution in [0.15, 0.2) is 42.1 Å². The molecule has 132 valence electrons. The van der Waals surface area contributed by atoms with E-state index in [0.717, 1.165) is 12.2 Å². The number of nitrogens with zero attached hydrogens (tertiary/aromatic N) is 4. The molecule has 0 saturated carbocycles. The first-order chi connectivity index (χ1) is 11.9. The van der Waals surface area contributed by atoms with E-state index in [1.54, 1.807) is 6.08 Å². The van der Waals surface area contributed by atoms with Gasteiger partial charge in [-0.3, -0.25) is 14.9 Å². The topological polar surface area (TPSA) is 90.9 Å². The van der Waals surface area contributed by atoms with Crippen LogP contribution in [0.1, 0.15) is 30.0 Å². The lowest BCUT2D eigenvalue weighted by Crippen LogP contribution is -2.08. The largest absolute Gasteiger partial charge is 0.302 e. The molecule has 0 spiro atoms. The second-order valence-electron chi connectivity index (χ2n) is 5.91. The molecular weight excluding hydrogens is 340 g/mol. The van der Waals surface area contributed by atoms with Crippen molar-refractivity contribution in [1.29, 1.82) is 0 Å². The molecule has 0 aliphatic heterocycles. The molecule has 0 saturated heterocycles. The molecule has 0 aliphatic rings. The number of carbonyl (C=O) groups excluding carboxylic acids is 1. The highest BCUT2D eigenvalue weighted by atomic mass is 32.2. The maximum Gasteiger partial charge on any atom is 0.269 e. The van der Waals surface area contributed by atoms with Crippen LogP contribution < -0.4 is 0 Å². The van der Waals surface area contributed by atoms with E-state index in [4.69, 9.17) is 0 Å². The summed E-state index contributed by atoms with van der Waals surface area (Å²) in [6.07, 6.45) is 2.58. The standard InChI is InChI=1S/C17H20N4O3S/c1-4-9-20-16(10-12(2)3)18-19-17(20)25-11-15(22)13-5-7-14(8-6-13)21(23)24/h4-8,12H,1,9-11H2,2-3H3. The number of aromatic nitrogens is 3. The van der Waals surface area contributed by atoms with Crippen molar-refractivity contribution in [3.8, 4) is 0 Å². The normalized spacial score (nSPS) is 10.8. The van der Waals surface area contributed by atoms with Gasteiger partial charge in [0.15, 0.2) is 10.9 Å². The first-order valence-electron chi connectivity index (χ1n) is 7.85. The van der Waals surface area contributed by atoms with Crippen molar-refractivity contribution in [3.63, 3.8) is 0 Å². The Kier molecular flexibility index (Phi) is 6.46. The van der Waals surface area contributed by atoms with Gasteiger partial charge in [0, 0.05) is 30.7 Å². The van der Waals surface area contributed by atoms with Gasteiger partial charge in [0.25, 0.3) is 5.69 Å². The monoisotopic (exact) mass is 360 g/mol. The number of thioether (sulfide) groups is 1. The van der Waals surface area contributed by atoms with Crippen molar-refractivity contribution >= 4 is 23.2 Å². The Morgan fingerprint density at radius 2 is 2.04 bits per heavy atom. The lowest BCUT2D eigenvalue weighted by Gasteiger charge is -2.09. The van der Waals surface area contributed by atoms with E-state index < -0.39 is 4.92 Å². The van der Waals surface area contributed by atoms with Crippen LogP contribution in [0.2, 0.25) is 0 Å². The summed E-state index contributed by atoms with van der Waals surface area (Å²) in [6, 6.07) is 5.61. The predicted octanol–water partition coefficient (Wildman–Crippen LogP) is 3.55. The molecule has 1 heterocycles. The molecule has 1 aromatic carbocycles. The third-order valence-electron chi connectivity index (χ3n) is 3.43. The van der Waals surface area contributed by atoms with Gasteiger partial charge >= 0.3 is 0 Å². The fourth-order valence-corrected chi connectivity index (χ4v) is 3.10. The third-order valence-corrected chi connectivity index (χ3v) is 4.40. The molecule has 2 aromatic rings. The second kappa shape index (κ2) is 8.57. The maximum absolute atomic E-state index is 12.3. The zero-order valence-electron chi connectivity index (χ0n) is 14.2. The van der Waals surface area contributed by atoms with Gasteiger partial charge < -0.3 is 4.57 Å². The number of hydrogen-bond acceptors (Lipinski definition) is 6. The summed E-state index contributed by atoms with van der Waals surface area (Å²) in [7, 11) is 0. The van der Waals surface area contributed by atoms with E-state index in [2.05, 4.69) is 30.6 Å². The van der Waals surface area contributed by atoms with Gasteiger partial charge in [0.05, 0.1) is 10.7 Å². The molecule has 0 bridgehead atoms. The molecule has 2 rings (SSSR count). The molecular formula is C17H20N4O3S. The van der Waals surface area contributed by atoms with Crippen molar-refractivity contribution in [1.82, 2.24) is 14.8 Å². The Balaban J connectivity index is 2.07. The summed E-state index contributed by atoms with van der Waals surface area (Å²) in [6.45, 7) is 8.56. The number of non-ortho nitro benzene ring substituents is 1. The van der Waals surface area contributed by atoms with E-state index in [9.17, 15) is 14.9 Å². The van der Waals surface area contributed by atoms with Gasteiger partial charge in [-0.05, 0) is 18.1 Å². The van der Waals surface area contributed by atoms with E-state index in [1.165, 1.54) is 36.0 Å². The van der Waals surface area contributed by atoms with Crippen molar-refractivity contribution < 1.29 is 9.72 Å². The summed E-state index contributed by atoms with van der Waals surface area (Å²) < 4.78 is 1.96. The summed E-state index contributed by atoms with van der Waals surface area (Å²) in [5.41, 5.74) is 0.406.